The van der Waals surface area contributed by atoms with Gasteiger partial charge in [-0.15, -0.1) is 10.2 Å². The molecule has 6 nitrogen and oxygen atoms in total. The molecule has 0 aliphatic carbocycles. The topological polar surface area (TPSA) is 54.3 Å². The molecule has 2 aromatic carbocycles. The van der Waals surface area contributed by atoms with Crippen LogP contribution >= 0.6 is 11.8 Å². The molecule has 0 radical (unpaired) electrons. The zero-order valence-electron chi connectivity index (χ0n) is 19.3. The third kappa shape index (κ3) is 4.26. The smallest absolute Gasteiger partial charge is 0.240 e. The van der Waals surface area contributed by atoms with Gasteiger partial charge in [-0.1, -0.05) is 30.0 Å². The van der Waals surface area contributed by atoms with Gasteiger partial charge in [0.2, 0.25) is 5.91 Å². The highest BCUT2D eigenvalue weighted by Crippen LogP contribution is 2.32. The molecule has 0 spiro atoms. The van der Waals surface area contributed by atoms with Crippen LogP contribution in [0.1, 0.15) is 33.3 Å². The van der Waals surface area contributed by atoms with Crippen molar-refractivity contribution in [3.05, 3.63) is 54.1 Å². The molecular weight excluding hydrogens is 418 g/mol. The Kier molecular flexibility index (Phi) is 6.84. The molecule has 0 N–H and O–H groups in total. The SMILES string of the molecule is CCN(CC)c1ccc(-c2nnc(SC(C)C(=O)N3CCc4ccccc43)n2CC)cc1. The van der Waals surface area contributed by atoms with Crippen molar-refractivity contribution in [3.63, 3.8) is 0 Å². The summed E-state index contributed by atoms with van der Waals surface area (Å²) in [6, 6.07) is 16.7. The van der Waals surface area contributed by atoms with Crippen molar-refractivity contribution in [2.24, 2.45) is 0 Å². The summed E-state index contributed by atoms with van der Waals surface area (Å²) in [5, 5.41) is 9.45. The van der Waals surface area contributed by atoms with E-state index in [2.05, 4.69) is 70.8 Å². The Morgan fingerprint density at radius 1 is 1.06 bits per heavy atom. The monoisotopic (exact) mass is 449 g/mol. The van der Waals surface area contributed by atoms with Gasteiger partial charge < -0.3 is 14.4 Å². The molecule has 2 heterocycles. The van der Waals surface area contributed by atoms with E-state index in [0.717, 1.165) is 54.8 Å². The molecule has 3 aromatic rings. The molecule has 4 rings (SSSR count). The first-order valence-corrected chi connectivity index (χ1v) is 12.3. The lowest BCUT2D eigenvalue weighted by atomic mass is 10.2. The predicted molar refractivity (Wildman–Crippen MR) is 133 cm³/mol. The summed E-state index contributed by atoms with van der Waals surface area (Å²) < 4.78 is 2.10. The van der Waals surface area contributed by atoms with Gasteiger partial charge in [-0.2, -0.15) is 0 Å². The van der Waals surface area contributed by atoms with Crippen molar-refractivity contribution < 1.29 is 4.79 Å². The van der Waals surface area contributed by atoms with Gasteiger partial charge in [-0.25, -0.2) is 0 Å². The van der Waals surface area contributed by atoms with Gasteiger partial charge >= 0.3 is 0 Å². The zero-order chi connectivity index (χ0) is 22.7. The molecule has 1 amide bonds. The van der Waals surface area contributed by atoms with Crippen LogP contribution in [0.25, 0.3) is 11.4 Å². The number of amides is 1. The molecule has 1 aliphatic heterocycles. The second-order valence-corrected chi connectivity index (χ2v) is 9.21. The summed E-state index contributed by atoms with van der Waals surface area (Å²) in [6.45, 7) is 11.8. The Balaban J connectivity index is 1.51. The lowest BCUT2D eigenvalue weighted by Crippen LogP contribution is -2.35. The van der Waals surface area contributed by atoms with Crippen LogP contribution in [-0.2, 0) is 17.8 Å². The van der Waals surface area contributed by atoms with E-state index in [1.807, 2.05) is 30.0 Å². The maximum Gasteiger partial charge on any atom is 0.240 e. The molecule has 1 unspecified atom stereocenters. The Morgan fingerprint density at radius 2 is 1.78 bits per heavy atom. The first-order valence-electron chi connectivity index (χ1n) is 11.4. The minimum Gasteiger partial charge on any atom is -0.372 e. The second-order valence-electron chi connectivity index (χ2n) is 7.90. The Hall–Kier alpha value is -2.80. The number of hydrogen-bond acceptors (Lipinski definition) is 5. The van der Waals surface area contributed by atoms with Crippen LogP contribution in [0.15, 0.2) is 53.7 Å². The standard InChI is InChI=1S/C25H31N5OS/c1-5-28(6-2)21-14-12-20(13-15-21)23-26-27-25(29(23)7-3)32-18(4)24(31)30-17-16-19-10-8-9-11-22(19)30/h8-15,18H,5-7,16-17H2,1-4H3. The highest BCUT2D eigenvalue weighted by Gasteiger charge is 2.29. The van der Waals surface area contributed by atoms with E-state index in [-0.39, 0.29) is 11.2 Å². The lowest BCUT2D eigenvalue weighted by Gasteiger charge is -2.21. The van der Waals surface area contributed by atoms with Crippen LogP contribution in [0, 0.1) is 0 Å². The number of thioether (sulfide) groups is 1. The molecule has 1 atom stereocenters. The minimum atomic E-state index is -0.242. The number of carbonyl (C=O) groups excluding carboxylic acids is 1. The van der Waals surface area contributed by atoms with E-state index < -0.39 is 0 Å². The van der Waals surface area contributed by atoms with Gasteiger partial charge in [-0.3, -0.25) is 4.79 Å². The van der Waals surface area contributed by atoms with Crippen molar-refractivity contribution in [3.8, 4) is 11.4 Å². The van der Waals surface area contributed by atoms with Crippen LogP contribution in [-0.4, -0.2) is 45.6 Å². The van der Waals surface area contributed by atoms with E-state index in [1.54, 1.807) is 0 Å². The van der Waals surface area contributed by atoms with Crippen LogP contribution in [0.5, 0.6) is 0 Å². The second kappa shape index (κ2) is 9.77. The molecule has 7 heteroatoms. The number of carbonyl (C=O) groups is 1. The summed E-state index contributed by atoms with van der Waals surface area (Å²) >= 11 is 1.49. The third-order valence-corrected chi connectivity index (χ3v) is 7.14. The van der Waals surface area contributed by atoms with Gasteiger partial charge in [0.1, 0.15) is 0 Å². The largest absolute Gasteiger partial charge is 0.372 e. The van der Waals surface area contributed by atoms with Crippen molar-refractivity contribution in [1.29, 1.82) is 0 Å². The summed E-state index contributed by atoms with van der Waals surface area (Å²) in [5.74, 6) is 0.961. The maximum absolute atomic E-state index is 13.2. The van der Waals surface area contributed by atoms with Gasteiger partial charge in [0, 0.05) is 43.1 Å². The lowest BCUT2D eigenvalue weighted by molar-refractivity contribution is -0.117. The van der Waals surface area contributed by atoms with Crippen LogP contribution in [0.3, 0.4) is 0 Å². The molecule has 168 valence electrons. The quantitative estimate of drug-likeness (QED) is 0.459. The fourth-order valence-electron chi connectivity index (χ4n) is 4.28. The van der Waals surface area contributed by atoms with E-state index in [1.165, 1.54) is 23.0 Å². The van der Waals surface area contributed by atoms with Crippen molar-refractivity contribution in [1.82, 2.24) is 14.8 Å². The summed E-state index contributed by atoms with van der Waals surface area (Å²) in [6.07, 6.45) is 0.915. The number of benzene rings is 2. The fourth-order valence-corrected chi connectivity index (χ4v) is 5.25. The molecule has 0 saturated heterocycles. The number of fused-ring (bicyclic) bond motifs is 1. The van der Waals surface area contributed by atoms with Crippen LogP contribution in [0.2, 0.25) is 0 Å². The van der Waals surface area contributed by atoms with Gasteiger partial charge in [0.25, 0.3) is 0 Å². The molecule has 1 aromatic heterocycles. The van der Waals surface area contributed by atoms with Gasteiger partial charge in [0.05, 0.1) is 5.25 Å². The van der Waals surface area contributed by atoms with E-state index >= 15 is 0 Å². The zero-order valence-corrected chi connectivity index (χ0v) is 20.1. The summed E-state index contributed by atoms with van der Waals surface area (Å²) in [5.41, 5.74) is 4.52. The Bertz CT molecular complexity index is 1070. The number of rotatable bonds is 8. The summed E-state index contributed by atoms with van der Waals surface area (Å²) in [7, 11) is 0. The highest BCUT2D eigenvalue weighted by atomic mass is 32.2. The number of anilines is 2. The van der Waals surface area contributed by atoms with Crippen molar-refractivity contribution in [2.45, 2.75) is 51.1 Å². The molecule has 1 aliphatic rings. The predicted octanol–water partition coefficient (Wildman–Crippen LogP) is 4.88. The summed E-state index contributed by atoms with van der Waals surface area (Å²) in [4.78, 5) is 17.4. The van der Waals surface area contributed by atoms with E-state index in [4.69, 9.17) is 0 Å². The molecule has 0 saturated carbocycles. The normalized spacial score (nSPS) is 13.8. The molecular formula is C25H31N5OS. The first-order chi connectivity index (χ1) is 15.6. The van der Waals surface area contributed by atoms with Crippen LogP contribution in [0.4, 0.5) is 11.4 Å². The maximum atomic E-state index is 13.2. The Morgan fingerprint density at radius 3 is 2.47 bits per heavy atom. The number of para-hydroxylation sites is 1. The average Bonchev–Trinajstić information content (AvgIpc) is 3.44. The van der Waals surface area contributed by atoms with Crippen molar-refractivity contribution in [2.75, 3.05) is 29.4 Å². The van der Waals surface area contributed by atoms with E-state index in [0.29, 0.717) is 0 Å². The molecule has 0 fully saturated rings. The Labute approximate surface area is 194 Å². The van der Waals surface area contributed by atoms with Crippen LogP contribution < -0.4 is 9.80 Å². The number of aromatic nitrogens is 3. The van der Waals surface area contributed by atoms with Gasteiger partial charge in [-0.05, 0) is 70.0 Å². The highest BCUT2D eigenvalue weighted by molar-refractivity contribution is 8.00. The number of hydrogen-bond donors (Lipinski definition) is 0. The first kappa shape index (κ1) is 22.4. The van der Waals surface area contributed by atoms with Crippen molar-refractivity contribution >= 4 is 29.0 Å². The minimum absolute atomic E-state index is 0.121. The molecule has 32 heavy (non-hydrogen) atoms. The number of nitrogens with zero attached hydrogens (tertiary/aromatic N) is 5. The average molecular weight is 450 g/mol. The third-order valence-electron chi connectivity index (χ3n) is 6.07. The van der Waals surface area contributed by atoms with Gasteiger partial charge in [0.15, 0.2) is 11.0 Å². The molecule has 0 bridgehead atoms. The fraction of sp³-hybridized carbons (Fsp3) is 0.400. The van der Waals surface area contributed by atoms with E-state index in [9.17, 15) is 4.79 Å².